The van der Waals surface area contributed by atoms with Crippen LogP contribution in [0, 0.1) is 0 Å². The van der Waals surface area contributed by atoms with Crippen molar-refractivity contribution in [3.63, 3.8) is 0 Å². The number of nitrogens with one attached hydrogen (secondary N) is 1. The molecule has 0 bridgehead atoms. The van der Waals surface area contributed by atoms with Gasteiger partial charge in [0.25, 0.3) is 0 Å². The Morgan fingerprint density at radius 1 is 0.950 bits per heavy atom. The zero-order chi connectivity index (χ0) is 28.2. The lowest BCUT2D eigenvalue weighted by Crippen LogP contribution is -2.26. The van der Waals surface area contributed by atoms with Crippen molar-refractivity contribution in [1.82, 2.24) is 14.9 Å². The molecule has 1 amide bonds. The molecule has 0 aliphatic heterocycles. The molecule has 7 nitrogen and oxygen atoms in total. The summed E-state index contributed by atoms with van der Waals surface area (Å²) in [7, 11) is 3.19. The van der Waals surface area contributed by atoms with Crippen molar-refractivity contribution in [2.45, 2.75) is 45.1 Å². The van der Waals surface area contributed by atoms with E-state index in [1.807, 2.05) is 48.5 Å². The van der Waals surface area contributed by atoms with E-state index >= 15 is 0 Å². The SMILES string of the molecule is C=CCc1ccccc1OCCCCn1c(CCCNC(=O)Cc2ccc(OC)c(OC)c2)nc2ccccc21. The average molecular weight is 542 g/mol. The van der Waals surface area contributed by atoms with Gasteiger partial charge in [0.2, 0.25) is 5.91 Å². The zero-order valence-electron chi connectivity index (χ0n) is 23.5. The van der Waals surface area contributed by atoms with Crippen molar-refractivity contribution >= 4 is 16.9 Å². The molecule has 1 N–H and O–H groups in total. The van der Waals surface area contributed by atoms with Crippen molar-refractivity contribution in [3.8, 4) is 17.2 Å². The summed E-state index contributed by atoms with van der Waals surface area (Å²) in [5.74, 6) is 3.24. The van der Waals surface area contributed by atoms with Crippen LogP contribution in [-0.2, 0) is 30.6 Å². The summed E-state index contributed by atoms with van der Waals surface area (Å²) in [6, 6.07) is 21.9. The molecule has 1 heterocycles. The molecule has 40 heavy (non-hydrogen) atoms. The Morgan fingerprint density at radius 2 is 1.75 bits per heavy atom. The first-order valence-electron chi connectivity index (χ1n) is 13.9. The van der Waals surface area contributed by atoms with E-state index in [1.54, 1.807) is 14.2 Å². The molecule has 1 aromatic heterocycles. The summed E-state index contributed by atoms with van der Waals surface area (Å²) in [5.41, 5.74) is 4.19. The van der Waals surface area contributed by atoms with Crippen LogP contribution >= 0.6 is 0 Å². The molecule has 0 aliphatic rings. The summed E-state index contributed by atoms with van der Waals surface area (Å²) in [4.78, 5) is 17.4. The third-order valence-electron chi connectivity index (χ3n) is 6.82. The first kappa shape index (κ1) is 28.7. The quantitative estimate of drug-likeness (QED) is 0.141. The topological polar surface area (TPSA) is 74.6 Å². The van der Waals surface area contributed by atoms with Crippen molar-refractivity contribution in [3.05, 3.63) is 96.3 Å². The van der Waals surface area contributed by atoms with Crippen LogP contribution in [0.25, 0.3) is 11.0 Å². The highest BCUT2D eigenvalue weighted by Crippen LogP contribution is 2.27. The Labute approximate surface area is 236 Å². The fourth-order valence-electron chi connectivity index (χ4n) is 4.80. The molecule has 4 aromatic rings. The normalized spacial score (nSPS) is 10.8. The number of aryl methyl sites for hydroxylation is 2. The van der Waals surface area contributed by atoms with E-state index in [9.17, 15) is 4.79 Å². The number of methoxy groups -OCH3 is 2. The predicted octanol–water partition coefficient (Wildman–Crippen LogP) is 5.93. The van der Waals surface area contributed by atoms with Gasteiger partial charge in [-0.1, -0.05) is 42.5 Å². The number of fused-ring (bicyclic) bond motifs is 1. The highest BCUT2D eigenvalue weighted by atomic mass is 16.5. The maximum Gasteiger partial charge on any atom is 0.224 e. The fourth-order valence-corrected chi connectivity index (χ4v) is 4.80. The van der Waals surface area contributed by atoms with Crippen molar-refractivity contribution in [2.75, 3.05) is 27.4 Å². The number of carbonyl (C=O) groups is 1. The van der Waals surface area contributed by atoms with Crippen LogP contribution in [0.4, 0.5) is 0 Å². The molecule has 0 atom stereocenters. The highest BCUT2D eigenvalue weighted by molar-refractivity contribution is 5.79. The van der Waals surface area contributed by atoms with Gasteiger partial charge >= 0.3 is 0 Å². The number of allylic oxidation sites excluding steroid dienone is 1. The van der Waals surface area contributed by atoms with Gasteiger partial charge in [-0.2, -0.15) is 0 Å². The smallest absolute Gasteiger partial charge is 0.224 e. The minimum Gasteiger partial charge on any atom is -0.493 e. The number of para-hydroxylation sites is 3. The van der Waals surface area contributed by atoms with Crippen LogP contribution in [-0.4, -0.2) is 42.8 Å². The van der Waals surface area contributed by atoms with E-state index in [-0.39, 0.29) is 5.91 Å². The van der Waals surface area contributed by atoms with Crippen LogP contribution in [0.5, 0.6) is 17.2 Å². The van der Waals surface area contributed by atoms with Crippen LogP contribution < -0.4 is 19.5 Å². The Bertz CT molecular complexity index is 1410. The lowest BCUT2D eigenvalue weighted by atomic mass is 10.1. The number of nitrogens with zero attached hydrogens (tertiary/aromatic N) is 2. The van der Waals surface area contributed by atoms with Crippen molar-refractivity contribution in [2.24, 2.45) is 0 Å². The maximum absolute atomic E-state index is 12.5. The molecule has 0 unspecified atom stereocenters. The number of carbonyl (C=O) groups excluding carboxylic acids is 1. The molecule has 210 valence electrons. The molecule has 4 rings (SSSR count). The first-order valence-corrected chi connectivity index (χ1v) is 13.9. The highest BCUT2D eigenvalue weighted by Gasteiger charge is 2.12. The summed E-state index contributed by atoms with van der Waals surface area (Å²) in [5, 5.41) is 3.04. The zero-order valence-corrected chi connectivity index (χ0v) is 23.5. The fraction of sp³-hybridized carbons (Fsp3) is 0.333. The van der Waals surface area contributed by atoms with Crippen LogP contribution in [0.2, 0.25) is 0 Å². The van der Waals surface area contributed by atoms with Gasteiger partial charge in [-0.15, -0.1) is 6.58 Å². The Kier molecular flexibility index (Phi) is 10.6. The number of hydrogen-bond acceptors (Lipinski definition) is 5. The second kappa shape index (κ2) is 14.8. The summed E-state index contributed by atoms with van der Waals surface area (Å²) in [6.07, 6.45) is 6.52. The molecular weight excluding hydrogens is 502 g/mol. The van der Waals surface area contributed by atoms with Gasteiger partial charge in [0, 0.05) is 19.5 Å². The molecule has 0 aliphatic carbocycles. The number of unbranched alkanes of at least 4 members (excludes halogenated alkanes) is 1. The largest absolute Gasteiger partial charge is 0.493 e. The van der Waals surface area contributed by atoms with Gasteiger partial charge < -0.3 is 24.1 Å². The van der Waals surface area contributed by atoms with Gasteiger partial charge in [0.05, 0.1) is 38.3 Å². The summed E-state index contributed by atoms with van der Waals surface area (Å²) >= 11 is 0. The van der Waals surface area contributed by atoms with E-state index in [2.05, 4.69) is 40.7 Å². The second-order valence-electron chi connectivity index (χ2n) is 9.64. The summed E-state index contributed by atoms with van der Waals surface area (Å²) in [6.45, 7) is 5.97. The number of rotatable bonds is 16. The Balaban J connectivity index is 1.26. The van der Waals surface area contributed by atoms with E-state index in [0.717, 1.165) is 72.4 Å². The molecular formula is C33H39N3O4. The minimum absolute atomic E-state index is 0.0182. The summed E-state index contributed by atoms with van der Waals surface area (Å²) < 4.78 is 19.0. The molecule has 0 saturated carbocycles. The number of hydrogen-bond donors (Lipinski definition) is 1. The Hall–Kier alpha value is -4.26. The first-order chi connectivity index (χ1) is 19.6. The lowest BCUT2D eigenvalue weighted by molar-refractivity contribution is -0.120. The van der Waals surface area contributed by atoms with Gasteiger partial charge in [-0.25, -0.2) is 4.98 Å². The van der Waals surface area contributed by atoms with Crippen LogP contribution in [0.3, 0.4) is 0 Å². The maximum atomic E-state index is 12.5. The second-order valence-corrected chi connectivity index (χ2v) is 9.64. The molecule has 3 aromatic carbocycles. The van der Waals surface area contributed by atoms with E-state index in [0.29, 0.717) is 31.1 Å². The molecule has 0 fully saturated rings. The van der Waals surface area contributed by atoms with Gasteiger partial charge in [0.1, 0.15) is 11.6 Å². The van der Waals surface area contributed by atoms with Crippen molar-refractivity contribution in [1.29, 1.82) is 0 Å². The monoisotopic (exact) mass is 541 g/mol. The van der Waals surface area contributed by atoms with Crippen molar-refractivity contribution < 1.29 is 19.0 Å². The lowest BCUT2D eigenvalue weighted by Gasteiger charge is -2.12. The predicted molar refractivity (Wildman–Crippen MR) is 159 cm³/mol. The molecule has 0 radical (unpaired) electrons. The number of benzene rings is 3. The molecule has 7 heteroatoms. The van der Waals surface area contributed by atoms with Crippen LogP contribution in [0.15, 0.2) is 79.4 Å². The Morgan fingerprint density at radius 3 is 2.58 bits per heavy atom. The van der Waals surface area contributed by atoms with E-state index in [4.69, 9.17) is 19.2 Å². The molecule has 0 spiro atoms. The molecule has 0 saturated heterocycles. The minimum atomic E-state index is -0.0182. The third-order valence-corrected chi connectivity index (χ3v) is 6.82. The average Bonchev–Trinajstić information content (AvgIpc) is 3.33. The van der Waals surface area contributed by atoms with Gasteiger partial charge in [-0.3, -0.25) is 4.79 Å². The van der Waals surface area contributed by atoms with Gasteiger partial charge in [0.15, 0.2) is 11.5 Å². The number of amides is 1. The van der Waals surface area contributed by atoms with Crippen LogP contribution in [0.1, 0.15) is 36.2 Å². The number of ether oxygens (including phenoxy) is 3. The van der Waals surface area contributed by atoms with Gasteiger partial charge in [-0.05, 0) is 67.1 Å². The van der Waals surface area contributed by atoms with E-state index in [1.165, 1.54) is 0 Å². The third kappa shape index (κ3) is 7.65. The van der Waals surface area contributed by atoms with E-state index < -0.39 is 0 Å². The standard InChI is InChI=1S/C33H39N3O4/c1-4-12-26-13-5-8-16-29(26)40-22-10-9-21-36-28-15-7-6-14-27(28)35-32(36)17-11-20-34-33(37)24-25-18-19-30(38-2)31(23-25)39-3/h4-8,13-16,18-19,23H,1,9-12,17,20-22,24H2,2-3H3,(H,34,37). The number of aromatic nitrogens is 2. The number of imidazole rings is 1.